The number of carbonyl (C=O) groups excluding carboxylic acids is 1. The highest BCUT2D eigenvalue weighted by atomic mass is 16.7. The van der Waals surface area contributed by atoms with Crippen LogP contribution >= 0.6 is 0 Å². The Bertz CT molecular complexity index is 316. The third-order valence-corrected chi connectivity index (χ3v) is 2.72. The van der Waals surface area contributed by atoms with Gasteiger partial charge in [-0.2, -0.15) is 0 Å². The highest BCUT2D eigenvalue weighted by Crippen LogP contribution is 2.25. The van der Waals surface area contributed by atoms with E-state index in [1.807, 2.05) is 0 Å². The molecule has 19 heavy (non-hydrogen) atoms. The maximum Gasteiger partial charge on any atom is 0.217 e. The van der Waals surface area contributed by atoms with Gasteiger partial charge in [0.05, 0.1) is 12.2 Å². The maximum atomic E-state index is 11.2. The molecule has 4 N–H and O–H groups in total. The molecule has 0 saturated carbocycles. The van der Waals surface area contributed by atoms with Crippen LogP contribution in [-0.4, -0.2) is 64.1 Å². The van der Waals surface area contributed by atoms with E-state index in [9.17, 15) is 15.0 Å². The molecule has 0 radical (unpaired) electrons. The van der Waals surface area contributed by atoms with Crippen LogP contribution in [0.1, 0.15) is 27.7 Å². The summed E-state index contributed by atoms with van der Waals surface area (Å²) in [7, 11) is 0. The molecule has 0 aromatic carbocycles. The number of hydrogen-bond donors (Lipinski definition) is 4. The van der Waals surface area contributed by atoms with Crippen LogP contribution in [0.5, 0.6) is 0 Å². The van der Waals surface area contributed by atoms with E-state index in [-0.39, 0.29) is 5.91 Å². The van der Waals surface area contributed by atoms with Crippen molar-refractivity contribution < 1.29 is 29.6 Å². The summed E-state index contributed by atoms with van der Waals surface area (Å²) in [6.07, 6.45) is -4.46. The summed E-state index contributed by atoms with van der Waals surface area (Å²) in [5.41, 5.74) is -0.566. The fourth-order valence-corrected chi connectivity index (χ4v) is 1.92. The third kappa shape index (κ3) is 4.39. The Morgan fingerprint density at radius 3 is 2.32 bits per heavy atom. The van der Waals surface area contributed by atoms with E-state index in [0.29, 0.717) is 0 Å². The second kappa shape index (κ2) is 6.15. The SMILES string of the molecule is CC(=O)N[C@@H]1[C@H](OC(C)(C)C)O[C@H](CO)[C@@H](O)[C@H]1O. The summed E-state index contributed by atoms with van der Waals surface area (Å²) < 4.78 is 11.0. The molecule has 0 aromatic rings. The van der Waals surface area contributed by atoms with Crippen molar-refractivity contribution in [3.05, 3.63) is 0 Å². The Morgan fingerprint density at radius 1 is 1.32 bits per heavy atom. The summed E-state index contributed by atoms with van der Waals surface area (Å²) in [5, 5.41) is 31.4. The van der Waals surface area contributed by atoms with Gasteiger partial charge in [0, 0.05) is 6.92 Å². The quantitative estimate of drug-likeness (QED) is 0.513. The average molecular weight is 277 g/mol. The lowest BCUT2D eigenvalue weighted by Crippen LogP contribution is -2.65. The average Bonchev–Trinajstić information content (AvgIpc) is 2.26. The number of nitrogens with one attached hydrogen (secondary N) is 1. The van der Waals surface area contributed by atoms with Gasteiger partial charge in [-0.05, 0) is 20.8 Å². The largest absolute Gasteiger partial charge is 0.394 e. The van der Waals surface area contributed by atoms with Crippen LogP contribution in [0.3, 0.4) is 0 Å². The summed E-state index contributed by atoms with van der Waals surface area (Å²) >= 11 is 0. The third-order valence-electron chi connectivity index (χ3n) is 2.72. The molecule has 1 aliphatic heterocycles. The Labute approximate surface area is 112 Å². The van der Waals surface area contributed by atoms with Crippen molar-refractivity contribution in [1.29, 1.82) is 0 Å². The van der Waals surface area contributed by atoms with Gasteiger partial charge in [0.25, 0.3) is 0 Å². The van der Waals surface area contributed by atoms with E-state index in [4.69, 9.17) is 14.6 Å². The van der Waals surface area contributed by atoms with Crippen LogP contribution in [0.25, 0.3) is 0 Å². The fourth-order valence-electron chi connectivity index (χ4n) is 1.92. The smallest absolute Gasteiger partial charge is 0.217 e. The predicted molar refractivity (Wildman–Crippen MR) is 66.2 cm³/mol. The van der Waals surface area contributed by atoms with Crippen LogP contribution in [0.15, 0.2) is 0 Å². The molecule has 112 valence electrons. The topological polar surface area (TPSA) is 108 Å². The van der Waals surface area contributed by atoms with Crippen molar-refractivity contribution >= 4 is 5.91 Å². The molecule has 0 aromatic heterocycles. The Hall–Kier alpha value is -0.730. The maximum absolute atomic E-state index is 11.2. The number of aliphatic hydroxyl groups excluding tert-OH is 3. The molecule has 7 heteroatoms. The number of hydrogen-bond acceptors (Lipinski definition) is 6. The van der Waals surface area contributed by atoms with Crippen molar-refractivity contribution in [1.82, 2.24) is 5.32 Å². The minimum atomic E-state index is -1.29. The number of carbonyl (C=O) groups is 1. The lowest BCUT2D eigenvalue weighted by molar-refractivity contribution is -0.292. The van der Waals surface area contributed by atoms with Crippen molar-refractivity contribution in [3.8, 4) is 0 Å². The highest BCUT2D eigenvalue weighted by Gasteiger charge is 2.46. The van der Waals surface area contributed by atoms with E-state index in [2.05, 4.69) is 5.32 Å². The van der Waals surface area contributed by atoms with Gasteiger partial charge in [-0.3, -0.25) is 4.79 Å². The highest BCUT2D eigenvalue weighted by molar-refractivity contribution is 5.73. The molecule has 0 spiro atoms. The number of rotatable bonds is 3. The van der Waals surface area contributed by atoms with Crippen molar-refractivity contribution in [2.45, 2.75) is 63.9 Å². The fraction of sp³-hybridized carbons (Fsp3) is 0.917. The monoisotopic (exact) mass is 277 g/mol. The van der Waals surface area contributed by atoms with E-state index in [1.54, 1.807) is 20.8 Å². The van der Waals surface area contributed by atoms with Crippen LogP contribution in [0.2, 0.25) is 0 Å². The predicted octanol–water partition coefficient (Wildman–Crippen LogP) is -1.25. The first-order valence-corrected chi connectivity index (χ1v) is 6.23. The zero-order chi connectivity index (χ0) is 14.8. The number of ether oxygens (including phenoxy) is 2. The minimum Gasteiger partial charge on any atom is -0.394 e. The summed E-state index contributed by atoms with van der Waals surface area (Å²) in [6, 6.07) is -0.894. The zero-order valence-electron chi connectivity index (χ0n) is 11.7. The van der Waals surface area contributed by atoms with Gasteiger partial charge >= 0.3 is 0 Å². The Morgan fingerprint density at radius 2 is 1.89 bits per heavy atom. The van der Waals surface area contributed by atoms with Gasteiger partial charge in [0.1, 0.15) is 24.4 Å². The number of amides is 1. The van der Waals surface area contributed by atoms with Gasteiger partial charge in [-0.25, -0.2) is 0 Å². The molecule has 5 atom stereocenters. The van der Waals surface area contributed by atoms with E-state index in [0.717, 1.165) is 0 Å². The van der Waals surface area contributed by atoms with Crippen LogP contribution < -0.4 is 5.32 Å². The first-order chi connectivity index (χ1) is 8.65. The molecule has 1 rings (SSSR count). The van der Waals surface area contributed by atoms with Crippen LogP contribution in [-0.2, 0) is 14.3 Å². The van der Waals surface area contributed by atoms with Gasteiger partial charge in [0.15, 0.2) is 6.29 Å². The molecular weight excluding hydrogens is 254 g/mol. The summed E-state index contributed by atoms with van der Waals surface area (Å²) in [4.78, 5) is 11.2. The normalized spacial score (nSPS) is 36.1. The standard InChI is InChI=1S/C12H23NO6/c1-6(15)13-8-10(17)9(16)7(5-14)18-11(8)19-12(2,3)4/h7-11,14,16-17H,5H2,1-4H3,(H,13,15)/t7-,8+,9-,10+,11+/m1/s1. The van der Waals surface area contributed by atoms with E-state index >= 15 is 0 Å². The van der Waals surface area contributed by atoms with Gasteiger partial charge in [0.2, 0.25) is 5.91 Å². The van der Waals surface area contributed by atoms with Crippen LogP contribution in [0, 0.1) is 0 Å². The molecule has 1 saturated heterocycles. The van der Waals surface area contributed by atoms with Gasteiger partial charge in [-0.1, -0.05) is 0 Å². The lowest BCUT2D eigenvalue weighted by atomic mass is 9.96. The van der Waals surface area contributed by atoms with Crippen molar-refractivity contribution in [3.63, 3.8) is 0 Å². The zero-order valence-corrected chi connectivity index (χ0v) is 11.7. The van der Waals surface area contributed by atoms with Gasteiger partial charge < -0.3 is 30.1 Å². The lowest BCUT2D eigenvalue weighted by Gasteiger charge is -2.44. The Kier molecular flexibility index (Phi) is 5.28. The Balaban J connectivity index is 2.89. The molecule has 0 aliphatic carbocycles. The first-order valence-electron chi connectivity index (χ1n) is 6.23. The molecule has 0 unspecified atom stereocenters. The molecule has 1 fully saturated rings. The van der Waals surface area contributed by atoms with Crippen molar-refractivity contribution in [2.75, 3.05) is 6.61 Å². The second-order valence-electron chi connectivity index (χ2n) is 5.66. The molecule has 7 nitrogen and oxygen atoms in total. The molecule has 1 amide bonds. The molecular formula is C12H23NO6. The van der Waals surface area contributed by atoms with Crippen LogP contribution in [0.4, 0.5) is 0 Å². The first kappa shape index (κ1) is 16.3. The molecule has 0 bridgehead atoms. The van der Waals surface area contributed by atoms with Crippen molar-refractivity contribution in [2.24, 2.45) is 0 Å². The second-order valence-corrected chi connectivity index (χ2v) is 5.66. The van der Waals surface area contributed by atoms with Gasteiger partial charge in [-0.15, -0.1) is 0 Å². The summed E-state index contributed by atoms with van der Waals surface area (Å²) in [6.45, 7) is 6.24. The number of aliphatic hydroxyl groups is 3. The van der Waals surface area contributed by atoms with E-state index < -0.39 is 42.9 Å². The van der Waals surface area contributed by atoms with E-state index in [1.165, 1.54) is 6.92 Å². The molecule has 1 heterocycles. The summed E-state index contributed by atoms with van der Waals surface area (Å²) in [5.74, 6) is -0.371. The molecule has 1 aliphatic rings. The minimum absolute atomic E-state index is 0.371.